The molecule has 0 radical (unpaired) electrons. The molecule has 1 aliphatic rings. The SMILES string of the molecule is c1cnc(CNCCCC2CCCC2)nc1. The van der Waals surface area contributed by atoms with Crippen molar-refractivity contribution >= 4 is 0 Å². The summed E-state index contributed by atoms with van der Waals surface area (Å²) in [5.41, 5.74) is 0. The molecule has 0 unspecified atom stereocenters. The molecular formula is C13H21N3. The van der Waals surface area contributed by atoms with Crippen LogP contribution < -0.4 is 5.32 Å². The average molecular weight is 219 g/mol. The van der Waals surface area contributed by atoms with E-state index in [1.807, 2.05) is 6.07 Å². The highest BCUT2D eigenvalue weighted by Crippen LogP contribution is 2.28. The molecule has 1 N–H and O–H groups in total. The Balaban J connectivity index is 1.52. The lowest BCUT2D eigenvalue weighted by atomic mass is 10.0. The van der Waals surface area contributed by atoms with Gasteiger partial charge in [-0.1, -0.05) is 25.7 Å². The summed E-state index contributed by atoms with van der Waals surface area (Å²) in [5, 5.41) is 3.40. The van der Waals surface area contributed by atoms with Crippen molar-refractivity contribution in [3.63, 3.8) is 0 Å². The van der Waals surface area contributed by atoms with E-state index in [4.69, 9.17) is 0 Å². The van der Waals surface area contributed by atoms with Gasteiger partial charge in [0.2, 0.25) is 0 Å². The van der Waals surface area contributed by atoms with E-state index in [2.05, 4.69) is 15.3 Å². The number of aromatic nitrogens is 2. The summed E-state index contributed by atoms with van der Waals surface area (Å²) in [4.78, 5) is 8.36. The third-order valence-corrected chi connectivity index (χ3v) is 3.34. The highest BCUT2D eigenvalue weighted by atomic mass is 14.9. The summed E-state index contributed by atoms with van der Waals surface area (Å²) in [6, 6.07) is 1.85. The maximum Gasteiger partial charge on any atom is 0.141 e. The van der Waals surface area contributed by atoms with Crippen molar-refractivity contribution in [3.05, 3.63) is 24.3 Å². The Morgan fingerprint density at radius 3 is 2.69 bits per heavy atom. The lowest BCUT2D eigenvalue weighted by molar-refractivity contribution is 0.469. The molecule has 3 heteroatoms. The van der Waals surface area contributed by atoms with Crippen molar-refractivity contribution in [1.29, 1.82) is 0 Å². The second kappa shape index (κ2) is 6.59. The second-order valence-electron chi connectivity index (χ2n) is 4.63. The van der Waals surface area contributed by atoms with E-state index >= 15 is 0 Å². The average Bonchev–Trinajstić information content (AvgIpc) is 2.83. The van der Waals surface area contributed by atoms with E-state index in [9.17, 15) is 0 Å². The van der Waals surface area contributed by atoms with Gasteiger partial charge in [-0.2, -0.15) is 0 Å². The predicted molar refractivity (Wildman–Crippen MR) is 64.9 cm³/mol. The molecule has 3 nitrogen and oxygen atoms in total. The van der Waals surface area contributed by atoms with Crippen LogP contribution in [0, 0.1) is 5.92 Å². The van der Waals surface area contributed by atoms with Gasteiger partial charge in [-0.05, 0) is 31.4 Å². The van der Waals surface area contributed by atoms with Crippen LogP contribution in [0.4, 0.5) is 0 Å². The zero-order chi connectivity index (χ0) is 11.1. The molecule has 0 aliphatic heterocycles. The van der Waals surface area contributed by atoms with Crippen LogP contribution in [-0.4, -0.2) is 16.5 Å². The molecular weight excluding hydrogens is 198 g/mol. The fourth-order valence-electron chi connectivity index (χ4n) is 2.44. The molecule has 0 bridgehead atoms. The third-order valence-electron chi connectivity index (χ3n) is 3.34. The normalized spacial score (nSPS) is 16.8. The summed E-state index contributed by atoms with van der Waals surface area (Å²) < 4.78 is 0. The number of nitrogens with zero attached hydrogens (tertiary/aromatic N) is 2. The van der Waals surface area contributed by atoms with Crippen LogP contribution in [0.2, 0.25) is 0 Å². The smallest absolute Gasteiger partial charge is 0.141 e. The second-order valence-corrected chi connectivity index (χ2v) is 4.63. The lowest BCUT2D eigenvalue weighted by Gasteiger charge is -2.08. The van der Waals surface area contributed by atoms with Gasteiger partial charge in [-0.3, -0.25) is 0 Å². The van der Waals surface area contributed by atoms with Crippen LogP contribution in [0.3, 0.4) is 0 Å². The molecule has 88 valence electrons. The fourth-order valence-corrected chi connectivity index (χ4v) is 2.44. The van der Waals surface area contributed by atoms with E-state index in [0.29, 0.717) is 0 Å². The molecule has 1 aliphatic carbocycles. The summed E-state index contributed by atoms with van der Waals surface area (Å²) in [6.45, 7) is 1.89. The molecule has 0 aromatic carbocycles. The van der Waals surface area contributed by atoms with Gasteiger partial charge in [0.05, 0.1) is 6.54 Å². The molecule has 0 atom stereocenters. The van der Waals surface area contributed by atoms with E-state index in [1.165, 1.54) is 38.5 Å². The number of hydrogen-bond donors (Lipinski definition) is 1. The van der Waals surface area contributed by atoms with Gasteiger partial charge in [-0.15, -0.1) is 0 Å². The standard InChI is InChI=1S/C13H21N3/c1-2-6-12(5-1)7-3-8-14-11-13-15-9-4-10-16-13/h4,9-10,12,14H,1-3,5-8,11H2. The Bertz CT molecular complexity index is 280. The summed E-state index contributed by atoms with van der Waals surface area (Å²) in [6.07, 6.45) is 12.1. The Morgan fingerprint density at radius 1 is 1.19 bits per heavy atom. The van der Waals surface area contributed by atoms with Crippen LogP contribution >= 0.6 is 0 Å². The number of nitrogens with one attached hydrogen (secondary N) is 1. The monoisotopic (exact) mass is 219 g/mol. The summed E-state index contributed by atoms with van der Waals surface area (Å²) in [5.74, 6) is 1.90. The van der Waals surface area contributed by atoms with Gasteiger partial charge in [0.1, 0.15) is 5.82 Å². The van der Waals surface area contributed by atoms with Crippen molar-refractivity contribution in [1.82, 2.24) is 15.3 Å². The van der Waals surface area contributed by atoms with E-state index in [1.54, 1.807) is 12.4 Å². The Kier molecular flexibility index (Phi) is 4.74. The number of hydrogen-bond acceptors (Lipinski definition) is 3. The Hall–Kier alpha value is -0.960. The topological polar surface area (TPSA) is 37.8 Å². The molecule has 1 aromatic rings. The fraction of sp³-hybridized carbons (Fsp3) is 0.692. The summed E-state index contributed by atoms with van der Waals surface area (Å²) >= 11 is 0. The quantitative estimate of drug-likeness (QED) is 0.747. The Morgan fingerprint density at radius 2 is 1.94 bits per heavy atom. The lowest BCUT2D eigenvalue weighted by Crippen LogP contribution is -2.17. The molecule has 0 saturated heterocycles. The third kappa shape index (κ3) is 3.89. The summed E-state index contributed by atoms with van der Waals surface area (Å²) in [7, 11) is 0. The van der Waals surface area contributed by atoms with E-state index < -0.39 is 0 Å². The predicted octanol–water partition coefficient (Wildman–Crippen LogP) is 2.54. The van der Waals surface area contributed by atoms with Crippen molar-refractivity contribution in [2.24, 2.45) is 5.92 Å². The van der Waals surface area contributed by atoms with Crippen molar-refractivity contribution in [2.45, 2.75) is 45.1 Å². The largest absolute Gasteiger partial charge is 0.310 e. The molecule has 1 heterocycles. The van der Waals surface area contributed by atoms with Gasteiger partial charge < -0.3 is 5.32 Å². The van der Waals surface area contributed by atoms with Crippen LogP contribution in [0.1, 0.15) is 44.3 Å². The van der Waals surface area contributed by atoms with Crippen molar-refractivity contribution in [2.75, 3.05) is 6.54 Å². The van der Waals surface area contributed by atoms with Gasteiger partial charge in [-0.25, -0.2) is 9.97 Å². The Labute approximate surface area is 97.7 Å². The molecule has 2 rings (SSSR count). The molecule has 0 spiro atoms. The first-order valence-electron chi connectivity index (χ1n) is 6.42. The van der Waals surface area contributed by atoms with E-state index in [-0.39, 0.29) is 0 Å². The van der Waals surface area contributed by atoms with Crippen LogP contribution in [-0.2, 0) is 6.54 Å². The molecule has 1 saturated carbocycles. The van der Waals surface area contributed by atoms with E-state index in [0.717, 1.165) is 24.8 Å². The van der Waals surface area contributed by atoms with Crippen molar-refractivity contribution < 1.29 is 0 Å². The highest BCUT2D eigenvalue weighted by molar-refractivity contribution is 4.87. The zero-order valence-electron chi connectivity index (χ0n) is 9.86. The molecule has 1 aromatic heterocycles. The van der Waals surface area contributed by atoms with Gasteiger partial charge >= 0.3 is 0 Å². The van der Waals surface area contributed by atoms with Crippen LogP contribution in [0.25, 0.3) is 0 Å². The molecule has 1 fully saturated rings. The highest BCUT2D eigenvalue weighted by Gasteiger charge is 2.13. The number of rotatable bonds is 6. The van der Waals surface area contributed by atoms with Crippen molar-refractivity contribution in [3.8, 4) is 0 Å². The molecule has 16 heavy (non-hydrogen) atoms. The maximum atomic E-state index is 4.18. The first-order valence-corrected chi connectivity index (χ1v) is 6.42. The van der Waals surface area contributed by atoms with Gasteiger partial charge in [0.25, 0.3) is 0 Å². The zero-order valence-corrected chi connectivity index (χ0v) is 9.86. The maximum absolute atomic E-state index is 4.18. The van der Waals surface area contributed by atoms with Crippen LogP contribution in [0.15, 0.2) is 18.5 Å². The molecule has 0 amide bonds. The first-order chi connectivity index (χ1) is 7.95. The minimum absolute atomic E-state index is 0.797. The van der Waals surface area contributed by atoms with Gasteiger partial charge in [0.15, 0.2) is 0 Å². The first kappa shape index (κ1) is 11.5. The minimum atomic E-state index is 0.797. The van der Waals surface area contributed by atoms with Crippen LogP contribution in [0.5, 0.6) is 0 Å². The van der Waals surface area contributed by atoms with Gasteiger partial charge in [0, 0.05) is 12.4 Å². The minimum Gasteiger partial charge on any atom is -0.310 e.